The van der Waals surface area contributed by atoms with Gasteiger partial charge in [-0.1, -0.05) is 0 Å². The lowest BCUT2D eigenvalue weighted by molar-refractivity contribution is 0.0591. The molecule has 0 aromatic rings. The number of nitrogens with one attached hydrogen (secondary N) is 1. The quantitative estimate of drug-likeness (QED) is 0.702. The highest BCUT2D eigenvalue weighted by Gasteiger charge is 2.38. The maximum atomic E-state index is 8.63. The van der Waals surface area contributed by atoms with Gasteiger partial charge in [-0.25, -0.2) is 0 Å². The lowest BCUT2D eigenvalue weighted by Gasteiger charge is -2.47. The van der Waals surface area contributed by atoms with Gasteiger partial charge in [-0.3, -0.25) is 0 Å². The molecule has 1 saturated carbocycles. The molecule has 3 heteroatoms. The largest absolute Gasteiger partial charge is 0.302 e. The summed E-state index contributed by atoms with van der Waals surface area (Å²) in [6.07, 6.45) is 3.83. The minimum absolute atomic E-state index is 0.0302. The smallest absolute Gasteiger partial charge is 0.0925 e. The van der Waals surface area contributed by atoms with Crippen LogP contribution in [0.5, 0.6) is 0 Å². The topological polar surface area (TPSA) is 39.1 Å². The molecule has 1 aliphatic rings. The Morgan fingerprint density at radius 1 is 1.54 bits per heavy atom. The lowest BCUT2D eigenvalue weighted by Crippen LogP contribution is -2.57. The first kappa shape index (κ1) is 10.5. The molecule has 0 spiro atoms. The van der Waals surface area contributed by atoms with Crippen molar-refractivity contribution in [3.63, 3.8) is 0 Å². The van der Waals surface area contributed by atoms with Crippen molar-refractivity contribution in [1.82, 2.24) is 10.2 Å². The number of hydrogen-bond acceptors (Lipinski definition) is 3. The van der Waals surface area contributed by atoms with E-state index in [0.717, 1.165) is 6.54 Å². The molecule has 1 unspecified atom stereocenters. The van der Waals surface area contributed by atoms with Crippen molar-refractivity contribution in [2.45, 2.75) is 37.8 Å². The van der Waals surface area contributed by atoms with Crippen molar-refractivity contribution >= 4 is 0 Å². The first-order valence-electron chi connectivity index (χ1n) is 4.91. The van der Waals surface area contributed by atoms with E-state index in [1.54, 1.807) is 0 Å². The summed E-state index contributed by atoms with van der Waals surface area (Å²) in [6.45, 7) is 2.84. The van der Waals surface area contributed by atoms with Gasteiger partial charge in [-0.2, -0.15) is 5.26 Å². The number of nitriles is 1. The van der Waals surface area contributed by atoms with Gasteiger partial charge in [0.05, 0.1) is 12.1 Å². The van der Waals surface area contributed by atoms with Crippen LogP contribution in [0.2, 0.25) is 0 Å². The monoisotopic (exact) mass is 181 g/mol. The molecule has 0 aromatic carbocycles. The molecule has 0 aliphatic heterocycles. The van der Waals surface area contributed by atoms with Gasteiger partial charge in [0, 0.05) is 12.1 Å². The maximum absolute atomic E-state index is 8.63. The molecule has 3 nitrogen and oxygen atoms in total. The Labute approximate surface area is 80.7 Å². The van der Waals surface area contributed by atoms with Gasteiger partial charge in [-0.05, 0) is 40.3 Å². The van der Waals surface area contributed by atoms with E-state index in [1.165, 1.54) is 19.3 Å². The zero-order valence-corrected chi connectivity index (χ0v) is 8.80. The Morgan fingerprint density at radius 2 is 2.15 bits per heavy atom. The third kappa shape index (κ3) is 2.20. The molecule has 0 amide bonds. The molecule has 1 aliphatic carbocycles. The summed E-state index contributed by atoms with van der Waals surface area (Å²) >= 11 is 0. The molecule has 0 aromatic heterocycles. The third-order valence-corrected chi connectivity index (χ3v) is 3.16. The van der Waals surface area contributed by atoms with Gasteiger partial charge < -0.3 is 10.2 Å². The van der Waals surface area contributed by atoms with Gasteiger partial charge in [0.2, 0.25) is 0 Å². The molecule has 0 bridgehead atoms. The molecule has 13 heavy (non-hydrogen) atoms. The average Bonchev–Trinajstić information content (AvgIpc) is 2.01. The molecule has 74 valence electrons. The Kier molecular flexibility index (Phi) is 3.29. The molecular weight excluding hydrogens is 162 g/mol. The first-order chi connectivity index (χ1) is 6.10. The number of hydrogen-bond donors (Lipinski definition) is 1. The van der Waals surface area contributed by atoms with Crippen LogP contribution in [0.15, 0.2) is 0 Å². The molecule has 0 radical (unpaired) electrons. The van der Waals surface area contributed by atoms with Crippen LogP contribution in [0.3, 0.4) is 0 Å². The predicted octanol–water partition coefficient (Wildman–Crippen LogP) is 0.972. The van der Waals surface area contributed by atoms with Crippen LogP contribution >= 0.6 is 0 Å². The number of likely N-dealkylation sites (N-methyl/N-ethyl adjacent to an activating group) is 1. The van der Waals surface area contributed by atoms with Crippen LogP contribution in [-0.4, -0.2) is 37.1 Å². The molecular formula is C10H19N3. The second-order valence-corrected chi connectivity index (χ2v) is 4.20. The Bertz CT molecular complexity index is 201. The van der Waals surface area contributed by atoms with Crippen molar-refractivity contribution in [2.24, 2.45) is 0 Å². The highest BCUT2D eigenvalue weighted by Crippen LogP contribution is 2.35. The predicted molar refractivity (Wildman–Crippen MR) is 53.3 cm³/mol. The normalized spacial score (nSPS) is 22.1. The Hall–Kier alpha value is -0.590. The second kappa shape index (κ2) is 4.08. The van der Waals surface area contributed by atoms with Crippen molar-refractivity contribution < 1.29 is 0 Å². The summed E-state index contributed by atoms with van der Waals surface area (Å²) in [4.78, 5) is 2.29. The SMILES string of the molecule is CC(C#N)NCC1(N(C)C)CCC1. The summed E-state index contributed by atoms with van der Waals surface area (Å²) in [5, 5.41) is 11.9. The van der Waals surface area contributed by atoms with Gasteiger partial charge in [0.1, 0.15) is 0 Å². The summed E-state index contributed by atoms with van der Waals surface area (Å²) in [5.74, 6) is 0. The summed E-state index contributed by atoms with van der Waals surface area (Å²) < 4.78 is 0. The van der Waals surface area contributed by atoms with Crippen molar-refractivity contribution in [1.29, 1.82) is 5.26 Å². The highest BCUT2D eigenvalue weighted by molar-refractivity contribution is 4.99. The van der Waals surface area contributed by atoms with E-state index in [1.807, 2.05) is 6.92 Å². The van der Waals surface area contributed by atoms with Crippen LogP contribution in [-0.2, 0) is 0 Å². The Balaban J connectivity index is 2.37. The molecule has 1 atom stereocenters. The first-order valence-corrected chi connectivity index (χ1v) is 4.91. The summed E-state index contributed by atoms with van der Waals surface area (Å²) in [5.41, 5.74) is 0.325. The zero-order valence-electron chi connectivity index (χ0n) is 8.80. The van der Waals surface area contributed by atoms with E-state index in [9.17, 15) is 0 Å². The van der Waals surface area contributed by atoms with Crippen LogP contribution in [0, 0.1) is 11.3 Å². The zero-order chi connectivity index (χ0) is 9.90. The van der Waals surface area contributed by atoms with Crippen LogP contribution in [0.25, 0.3) is 0 Å². The second-order valence-electron chi connectivity index (χ2n) is 4.20. The molecule has 0 saturated heterocycles. The van der Waals surface area contributed by atoms with E-state index in [4.69, 9.17) is 5.26 Å². The number of rotatable bonds is 4. The van der Waals surface area contributed by atoms with Crippen LogP contribution in [0.1, 0.15) is 26.2 Å². The van der Waals surface area contributed by atoms with E-state index < -0.39 is 0 Å². The summed E-state index contributed by atoms with van der Waals surface area (Å²) in [6, 6.07) is 2.16. The lowest BCUT2D eigenvalue weighted by atomic mass is 9.75. The van der Waals surface area contributed by atoms with Crippen molar-refractivity contribution in [3.05, 3.63) is 0 Å². The maximum Gasteiger partial charge on any atom is 0.0925 e. The van der Waals surface area contributed by atoms with Crippen molar-refractivity contribution in [2.75, 3.05) is 20.6 Å². The molecule has 1 fully saturated rings. The van der Waals surface area contributed by atoms with Crippen LogP contribution in [0.4, 0.5) is 0 Å². The van der Waals surface area contributed by atoms with E-state index in [-0.39, 0.29) is 6.04 Å². The van der Waals surface area contributed by atoms with E-state index in [2.05, 4.69) is 30.4 Å². The van der Waals surface area contributed by atoms with Gasteiger partial charge in [-0.15, -0.1) is 0 Å². The fourth-order valence-electron chi connectivity index (χ4n) is 1.76. The van der Waals surface area contributed by atoms with Gasteiger partial charge in [0.25, 0.3) is 0 Å². The van der Waals surface area contributed by atoms with Gasteiger partial charge in [0.15, 0.2) is 0 Å². The minimum atomic E-state index is -0.0302. The van der Waals surface area contributed by atoms with Gasteiger partial charge >= 0.3 is 0 Å². The Morgan fingerprint density at radius 3 is 2.46 bits per heavy atom. The van der Waals surface area contributed by atoms with Crippen molar-refractivity contribution in [3.8, 4) is 6.07 Å². The number of nitrogens with zero attached hydrogens (tertiary/aromatic N) is 2. The fourth-order valence-corrected chi connectivity index (χ4v) is 1.76. The van der Waals surface area contributed by atoms with E-state index in [0.29, 0.717) is 5.54 Å². The molecule has 1 N–H and O–H groups in total. The van der Waals surface area contributed by atoms with E-state index >= 15 is 0 Å². The summed E-state index contributed by atoms with van der Waals surface area (Å²) in [7, 11) is 4.25. The van der Waals surface area contributed by atoms with Crippen LogP contribution < -0.4 is 5.32 Å². The molecule has 0 heterocycles. The highest BCUT2D eigenvalue weighted by atomic mass is 15.2. The fraction of sp³-hybridized carbons (Fsp3) is 0.900. The molecule has 1 rings (SSSR count). The minimum Gasteiger partial charge on any atom is -0.302 e. The standard InChI is InChI=1S/C10H19N3/c1-9(7-11)12-8-10(13(2)3)5-4-6-10/h9,12H,4-6,8H2,1-3H3. The third-order valence-electron chi connectivity index (χ3n) is 3.16. The average molecular weight is 181 g/mol.